The summed E-state index contributed by atoms with van der Waals surface area (Å²) in [6.45, 7) is -0.390. The van der Waals surface area contributed by atoms with Crippen molar-refractivity contribution in [3.05, 3.63) is 0 Å². The number of nitrogens with zero attached hydrogens (tertiary/aromatic N) is 1. The summed E-state index contributed by atoms with van der Waals surface area (Å²) in [7, 11) is 0. The fourth-order valence-corrected chi connectivity index (χ4v) is 4.89. The van der Waals surface area contributed by atoms with Crippen LogP contribution in [0.3, 0.4) is 0 Å². The highest BCUT2D eigenvalue weighted by Crippen LogP contribution is 2.48. The molecule has 0 bridgehead atoms. The molecule has 3 saturated heterocycles. The third-order valence-corrected chi connectivity index (χ3v) is 6.63. The van der Waals surface area contributed by atoms with Crippen molar-refractivity contribution in [2.45, 2.75) is 69.1 Å². The summed E-state index contributed by atoms with van der Waals surface area (Å²) in [6.07, 6.45) is -2.74. The largest absolute Gasteiger partial charge is 0.522 e. The molecule has 2 N–H and O–H groups in total. The van der Waals surface area contributed by atoms with E-state index in [0.717, 1.165) is 12.8 Å². The summed E-state index contributed by atoms with van der Waals surface area (Å²) in [5.41, 5.74) is 0. The number of hydrogen-bond acceptors (Lipinski definition) is 6. The number of rotatable bonds is 8. The molecule has 0 aromatic carbocycles. The number of piperidine rings is 1. The molecule has 4 aliphatic rings. The summed E-state index contributed by atoms with van der Waals surface area (Å²) in [5.74, 6) is -2.56. The van der Waals surface area contributed by atoms with Gasteiger partial charge in [0.15, 0.2) is 5.78 Å². The number of ketones is 1. The quantitative estimate of drug-likeness (QED) is 0.537. The van der Waals surface area contributed by atoms with Gasteiger partial charge in [-0.25, -0.2) is 0 Å². The van der Waals surface area contributed by atoms with Crippen LogP contribution in [0.4, 0.5) is 13.2 Å². The molecule has 3 amide bonds. The molecule has 1 aliphatic carbocycles. The fourth-order valence-electron chi connectivity index (χ4n) is 4.89. The molecule has 1 saturated carbocycles. The van der Waals surface area contributed by atoms with E-state index in [9.17, 15) is 32.3 Å². The number of amides is 3. The van der Waals surface area contributed by atoms with E-state index in [1.165, 1.54) is 4.90 Å². The lowest BCUT2D eigenvalue weighted by atomic mass is 9.95. The molecule has 6 atom stereocenters. The summed E-state index contributed by atoms with van der Waals surface area (Å²) >= 11 is 0. The number of nitrogens with one attached hydrogen (secondary N) is 2. The van der Waals surface area contributed by atoms with Crippen LogP contribution in [0.1, 0.15) is 38.5 Å². The lowest BCUT2D eigenvalue weighted by Crippen LogP contribution is -2.54. The Hall–Kier alpha value is -2.21. The first-order valence-electron chi connectivity index (χ1n) is 10.9. The second kappa shape index (κ2) is 8.97. The van der Waals surface area contributed by atoms with Gasteiger partial charge in [-0.15, -0.1) is 13.2 Å². The number of ether oxygens (including phenoxy) is 2. The van der Waals surface area contributed by atoms with E-state index in [1.807, 2.05) is 0 Å². The van der Waals surface area contributed by atoms with Gasteiger partial charge in [0.05, 0.1) is 6.04 Å². The van der Waals surface area contributed by atoms with Crippen LogP contribution in [-0.4, -0.2) is 78.8 Å². The summed E-state index contributed by atoms with van der Waals surface area (Å²) < 4.78 is 46.3. The van der Waals surface area contributed by atoms with Crippen LogP contribution >= 0.6 is 0 Å². The van der Waals surface area contributed by atoms with Crippen molar-refractivity contribution in [2.24, 2.45) is 11.8 Å². The Morgan fingerprint density at radius 3 is 2.66 bits per heavy atom. The number of alkyl halides is 3. The number of fused-ring (bicyclic) bond motifs is 1. The molecule has 178 valence electrons. The van der Waals surface area contributed by atoms with Gasteiger partial charge in [-0.2, -0.15) is 0 Å². The van der Waals surface area contributed by atoms with Crippen LogP contribution in [0, 0.1) is 11.8 Å². The molecule has 0 aromatic heterocycles. The van der Waals surface area contributed by atoms with Gasteiger partial charge in [0.2, 0.25) is 11.8 Å². The molecule has 0 aromatic rings. The van der Waals surface area contributed by atoms with Gasteiger partial charge < -0.3 is 20.3 Å². The maximum absolute atomic E-state index is 13.1. The molecular formula is C20H26F3N3O6. The Morgan fingerprint density at radius 2 is 2.03 bits per heavy atom. The van der Waals surface area contributed by atoms with E-state index in [2.05, 4.69) is 15.4 Å². The first kappa shape index (κ1) is 23.0. The fraction of sp³-hybridized carbons (Fsp3) is 0.800. The van der Waals surface area contributed by atoms with E-state index < -0.39 is 48.8 Å². The van der Waals surface area contributed by atoms with Crippen LogP contribution in [0.2, 0.25) is 0 Å². The molecular weight excluding hydrogens is 435 g/mol. The molecule has 3 heterocycles. The number of likely N-dealkylation sites (tertiary alicyclic amines) is 1. The Bertz CT molecular complexity index is 785. The van der Waals surface area contributed by atoms with Gasteiger partial charge in [0, 0.05) is 25.1 Å². The lowest BCUT2D eigenvalue weighted by Gasteiger charge is -2.30. The van der Waals surface area contributed by atoms with Crippen molar-refractivity contribution >= 4 is 23.5 Å². The van der Waals surface area contributed by atoms with E-state index in [4.69, 9.17) is 4.74 Å². The second-order valence-electron chi connectivity index (χ2n) is 8.84. The van der Waals surface area contributed by atoms with Crippen LogP contribution < -0.4 is 10.6 Å². The molecule has 0 radical (unpaired) electrons. The SMILES string of the molecule is O=C1NCC[C@H]1C[C@H](NC(=O)[C@@H]1C[C@H]2C[C@H]2N1C(=O)[C@@H]1CCCO1)C(=O)COC(F)(F)F. The van der Waals surface area contributed by atoms with Crippen molar-refractivity contribution in [1.82, 2.24) is 15.5 Å². The second-order valence-corrected chi connectivity index (χ2v) is 8.84. The average Bonchev–Trinajstić information content (AvgIpc) is 3.11. The molecule has 9 nitrogen and oxygen atoms in total. The number of carbonyl (C=O) groups is 4. The van der Waals surface area contributed by atoms with Gasteiger partial charge in [0.1, 0.15) is 18.8 Å². The number of halogens is 3. The van der Waals surface area contributed by atoms with E-state index >= 15 is 0 Å². The molecule has 4 fully saturated rings. The number of Topliss-reactive ketones (excluding diaryl/α,β-unsaturated/α-hetero) is 1. The summed E-state index contributed by atoms with van der Waals surface area (Å²) in [4.78, 5) is 51.9. The van der Waals surface area contributed by atoms with Crippen molar-refractivity contribution in [2.75, 3.05) is 19.8 Å². The molecule has 12 heteroatoms. The van der Waals surface area contributed by atoms with Crippen molar-refractivity contribution < 1.29 is 41.8 Å². The minimum atomic E-state index is -4.99. The highest BCUT2D eigenvalue weighted by molar-refractivity contribution is 5.95. The van der Waals surface area contributed by atoms with Crippen LogP contribution in [0.25, 0.3) is 0 Å². The zero-order chi connectivity index (χ0) is 23.0. The highest BCUT2D eigenvalue weighted by atomic mass is 19.4. The van der Waals surface area contributed by atoms with Crippen molar-refractivity contribution in [3.8, 4) is 0 Å². The van der Waals surface area contributed by atoms with Gasteiger partial charge in [-0.3, -0.25) is 23.9 Å². The minimum absolute atomic E-state index is 0.0502. The van der Waals surface area contributed by atoms with E-state index in [0.29, 0.717) is 32.4 Å². The Morgan fingerprint density at radius 1 is 1.25 bits per heavy atom. The smallest absolute Gasteiger partial charge is 0.368 e. The van der Waals surface area contributed by atoms with Gasteiger partial charge in [-0.05, 0) is 44.4 Å². The van der Waals surface area contributed by atoms with Gasteiger partial charge in [-0.1, -0.05) is 0 Å². The predicted octanol–water partition coefficient (Wildman–Crippen LogP) is 0.271. The summed E-state index contributed by atoms with van der Waals surface area (Å²) in [6, 6.07) is -2.19. The average molecular weight is 461 g/mol. The normalized spacial score (nSPS) is 32.4. The third kappa shape index (κ3) is 5.06. The zero-order valence-corrected chi connectivity index (χ0v) is 17.4. The van der Waals surface area contributed by atoms with Crippen molar-refractivity contribution in [1.29, 1.82) is 0 Å². The Labute approximate surface area is 182 Å². The van der Waals surface area contributed by atoms with Gasteiger partial charge >= 0.3 is 6.36 Å². The Balaban J connectivity index is 1.44. The predicted molar refractivity (Wildman–Crippen MR) is 101 cm³/mol. The maximum atomic E-state index is 13.1. The topological polar surface area (TPSA) is 114 Å². The summed E-state index contributed by atoms with van der Waals surface area (Å²) in [5, 5.41) is 5.11. The number of carbonyl (C=O) groups excluding carboxylic acids is 4. The third-order valence-electron chi connectivity index (χ3n) is 6.63. The lowest BCUT2D eigenvalue weighted by molar-refractivity contribution is -0.321. The Kier molecular flexibility index (Phi) is 6.44. The van der Waals surface area contributed by atoms with Gasteiger partial charge in [0.25, 0.3) is 5.91 Å². The molecule has 0 unspecified atom stereocenters. The van der Waals surface area contributed by atoms with E-state index in [-0.39, 0.29) is 30.2 Å². The van der Waals surface area contributed by atoms with Crippen LogP contribution in [-0.2, 0) is 28.7 Å². The van der Waals surface area contributed by atoms with Crippen LogP contribution in [0.15, 0.2) is 0 Å². The highest BCUT2D eigenvalue weighted by Gasteiger charge is 2.57. The molecule has 0 spiro atoms. The molecule has 32 heavy (non-hydrogen) atoms. The first-order valence-corrected chi connectivity index (χ1v) is 10.9. The molecule has 3 aliphatic heterocycles. The van der Waals surface area contributed by atoms with Crippen molar-refractivity contribution in [3.63, 3.8) is 0 Å². The first-order chi connectivity index (χ1) is 15.1. The minimum Gasteiger partial charge on any atom is -0.368 e. The molecule has 4 rings (SSSR count). The maximum Gasteiger partial charge on any atom is 0.522 e. The zero-order valence-electron chi connectivity index (χ0n) is 17.4. The van der Waals surface area contributed by atoms with Crippen LogP contribution in [0.5, 0.6) is 0 Å². The van der Waals surface area contributed by atoms with E-state index in [1.54, 1.807) is 0 Å². The standard InChI is InChI=1S/C20H26F3N3O6/c21-20(22,23)32-9-15(27)12(6-10-3-4-24-17(10)28)25-18(29)14-8-11-7-13(11)26(14)19(30)16-2-1-5-31-16/h10-14,16H,1-9H2,(H,24,28)(H,25,29)/t10-,11+,12-,13+,14-,16-/m0/s1. The number of hydrogen-bond donors (Lipinski definition) is 2. The monoisotopic (exact) mass is 461 g/mol.